The predicted octanol–water partition coefficient (Wildman–Crippen LogP) is 1.86. The Hall–Kier alpha value is -1.33. The van der Waals surface area contributed by atoms with E-state index in [0.717, 1.165) is 26.1 Å². The lowest BCUT2D eigenvalue weighted by Gasteiger charge is -2.33. The largest absolute Gasteiger partial charge is 0.384 e. The highest BCUT2D eigenvalue weighted by Crippen LogP contribution is 2.28. The summed E-state index contributed by atoms with van der Waals surface area (Å²) in [5, 5.41) is 3.22. The molecule has 1 aromatic rings. The van der Waals surface area contributed by atoms with Crippen LogP contribution in [0.15, 0.2) is 12.3 Å². The number of halogens is 1. The van der Waals surface area contributed by atoms with Gasteiger partial charge in [0.15, 0.2) is 0 Å². The van der Waals surface area contributed by atoms with Crippen LogP contribution in [0.3, 0.4) is 0 Å². The van der Waals surface area contributed by atoms with Gasteiger partial charge in [-0.05, 0) is 24.3 Å². The molecule has 5 nitrogen and oxygen atoms in total. The van der Waals surface area contributed by atoms with Crippen LogP contribution in [0.4, 0.5) is 5.82 Å². The monoisotopic (exact) mass is 283 g/mol. The van der Waals surface area contributed by atoms with Gasteiger partial charge in [-0.3, -0.25) is 4.79 Å². The standard InChI is InChI=1S/C13H18ClN3O2/c1-13(2-4-19-5-3-13)8-17-12(18)9-6-11(15)16-7-10(9)14/h6-7H,2-5,8H2,1H3,(H2,15,16)(H,17,18). The van der Waals surface area contributed by atoms with Gasteiger partial charge >= 0.3 is 0 Å². The molecule has 0 atom stereocenters. The van der Waals surface area contributed by atoms with Crippen molar-refractivity contribution in [2.75, 3.05) is 25.5 Å². The van der Waals surface area contributed by atoms with E-state index in [1.807, 2.05) is 0 Å². The highest BCUT2D eigenvalue weighted by atomic mass is 35.5. The lowest BCUT2D eigenvalue weighted by atomic mass is 9.82. The van der Waals surface area contributed by atoms with E-state index in [2.05, 4.69) is 17.2 Å². The predicted molar refractivity (Wildman–Crippen MR) is 74.2 cm³/mol. The number of amides is 1. The summed E-state index contributed by atoms with van der Waals surface area (Å²) in [6.07, 6.45) is 3.28. The van der Waals surface area contributed by atoms with E-state index in [9.17, 15) is 4.79 Å². The van der Waals surface area contributed by atoms with Gasteiger partial charge in [0.05, 0.1) is 10.6 Å². The zero-order chi connectivity index (χ0) is 13.9. The third kappa shape index (κ3) is 3.58. The van der Waals surface area contributed by atoms with Crippen LogP contribution in [0.2, 0.25) is 5.02 Å². The molecule has 104 valence electrons. The molecule has 1 amide bonds. The summed E-state index contributed by atoms with van der Waals surface area (Å²) >= 11 is 5.95. The first kappa shape index (κ1) is 14.1. The van der Waals surface area contributed by atoms with Gasteiger partial charge in [0.25, 0.3) is 5.91 Å². The molecular formula is C13H18ClN3O2. The van der Waals surface area contributed by atoms with E-state index in [1.54, 1.807) is 0 Å². The second-order valence-electron chi connectivity index (χ2n) is 5.19. The average molecular weight is 284 g/mol. The highest BCUT2D eigenvalue weighted by molar-refractivity contribution is 6.33. The van der Waals surface area contributed by atoms with Gasteiger partial charge in [-0.25, -0.2) is 4.98 Å². The summed E-state index contributed by atoms with van der Waals surface area (Å²) in [5.74, 6) is 0.0682. The first-order valence-corrected chi connectivity index (χ1v) is 6.65. The summed E-state index contributed by atoms with van der Waals surface area (Å²) in [5.41, 5.74) is 6.01. The Morgan fingerprint density at radius 1 is 1.58 bits per heavy atom. The van der Waals surface area contributed by atoms with Gasteiger partial charge < -0.3 is 15.8 Å². The molecule has 3 N–H and O–H groups in total. The molecule has 1 aliphatic heterocycles. The van der Waals surface area contributed by atoms with Crippen LogP contribution >= 0.6 is 11.6 Å². The molecule has 2 rings (SSSR count). The summed E-state index contributed by atoms with van der Waals surface area (Å²) in [6, 6.07) is 1.49. The molecule has 1 aromatic heterocycles. The molecular weight excluding hydrogens is 266 g/mol. The van der Waals surface area contributed by atoms with Gasteiger partial charge in [-0.15, -0.1) is 0 Å². The molecule has 6 heteroatoms. The van der Waals surface area contributed by atoms with E-state index in [-0.39, 0.29) is 17.1 Å². The quantitative estimate of drug-likeness (QED) is 0.888. The Kier molecular flexibility index (Phi) is 4.27. The number of hydrogen-bond acceptors (Lipinski definition) is 4. The number of nitrogens with one attached hydrogen (secondary N) is 1. The summed E-state index contributed by atoms with van der Waals surface area (Å²) in [6.45, 7) is 4.25. The fourth-order valence-electron chi connectivity index (χ4n) is 2.06. The number of rotatable bonds is 3. The van der Waals surface area contributed by atoms with Gasteiger partial charge in [0.2, 0.25) is 0 Å². The second-order valence-corrected chi connectivity index (χ2v) is 5.60. The van der Waals surface area contributed by atoms with Crippen LogP contribution < -0.4 is 11.1 Å². The molecule has 2 heterocycles. The molecule has 1 fully saturated rings. The van der Waals surface area contributed by atoms with Crippen molar-refractivity contribution in [1.29, 1.82) is 0 Å². The summed E-state index contributed by atoms with van der Waals surface area (Å²) in [4.78, 5) is 15.9. The smallest absolute Gasteiger partial charge is 0.253 e. The van der Waals surface area contributed by atoms with Crippen molar-refractivity contribution >= 4 is 23.3 Å². The van der Waals surface area contributed by atoms with Gasteiger partial charge in [0.1, 0.15) is 5.82 Å². The molecule has 1 saturated heterocycles. The molecule has 0 aliphatic carbocycles. The number of ether oxygens (including phenoxy) is 1. The number of aromatic nitrogens is 1. The van der Waals surface area contributed by atoms with Crippen LogP contribution in [-0.4, -0.2) is 30.6 Å². The van der Waals surface area contributed by atoms with Crippen LogP contribution in [0.1, 0.15) is 30.1 Å². The lowest BCUT2D eigenvalue weighted by molar-refractivity contribution is 0.0238. The van der Waals surface area contributed by atoms with Gasteiger partial charge in [0, 0.05) is 26.0 Å². The summed E-state index contributed by atoms with van der Waals surface area (Å²) in [7, 11) is 0. The van der Waals surface area contributed by atoms with E-state index >= 15 is 0 Å². The maximum Gasteiger partial charge on any atom is 0.253 e. The Bertz CT molecular complexity index is 473. The Labute approximate surface area is 117 Å². The first-order chi connectivity index (χ1) is 9.00. The zero-order valence-electron chi connectivity index (χ0n) is 10.9. The number of nitrogens with two attached hydrogens (primary N) is 1. The van der Waals surface area contributed by atoms with Crippen molar-refractivity contribution in [2.24, 2.45) is 5.41 Å². The SMILES string of the molecule is CC1(CNC(=O)c2cc(N)ncc2Cl)CCOCC1. The Morgan fingerprint density at radius 3 is 2.95 bits per heavy atom. The van der Waals surface area contributed by atoms with Crippen molar-refractivity contribution < 1.29 is 9.53 Å². The molecule has 0 spiro atoms. The Morgan fingerprint density at radius 2 is 2.26 bits per heavy atom. The second kappa shape index (κ2) is 5.75. The lowest BCUT2D eigenvalue weighted by Crippen LogP contribution is -2.39. The average Bonchev–Trinajstić information content (AvgIpc) is 2.40. The van der Waals surface area contributed by atoms with E-state index in [0.29, 0.717) is 17.1 Å². The van der Waals surface area contributed by atoms with E-state index < -0.39 is 0 Å². The van der Waals surface area contributed by atoms with Crippen LogP contribution in [0.5, 0.6) is 0 Å². The fraction of sp³-hybridized carbons (Fsp3) is 0.538. The number of hydrogen-bond donors (Lipinski definition) is 2. The fourth-order valence-corrected chi connectivity index (χ4v) is 2.25. The first-order valence-electron chi connectivity index (χ1n) is 6.27. The third-order valence-corrected chi connectivity index (χ3v) is 3.80. The molecule has 0 aromatic carbocycles. The maximum atomic E-state index is 12.1. The number of nitrogens with zero attached hydrogens (tertiary/aromatic N) is 1. The van der Waals surface area contributed by atoms with Crippen molar-refractivity contribution in [1.82, 2.24) is 10.3 Å². The number of nitrogen functional groups attached to an aromatic ring is 1. The normalized spacial score (nSPS) is 18.0. The zero-order valence-corrected chi connectivity index (χ0v) is 11.7. The molecule has 0 unspecified atom stereocenters. The summed E-state index contributed by atoms with van der Waals surface area (Å²) < 4.78 is 5.33. The topological polar surface area (TPSA) is 77.2 Å². The minimum Gasteiger partial charge on any atom is -0.384 e. The van der Waals surface area contributed by atoms with Crippen LogP contribution in [-0.2, 0) is 4.74 Å². The van der Waals surface area contributed by atoms with Gasteiger partial charge in [-0.1, -0.05) is 18.5 Å². The van der Waals surface area contributed by atoms with Gasteiger partial charge in [-0.2, -0.15) is 0 Å². The van der Waals surface area contributed by atoms with Crippen molar-refractivity contribution in [3.8, 4) is 0 Å². The van der Waals surface area contributed by atoms with Crippen LogP contribution in [0.25, 0.3) is 0 Å². The third-order valence-electron chi connectivity index (χ3n) is 3.50. The molecule has 0 bridgehead atoms. The maximum absolute atomic E-state index is 12.1. The molecule has 1 aliphatic rings. The van der Waals surface area contributed by atoms with E-state index in [4.69, 9.17) is 22.1 Å². The minimum absolute atomic E-state index is 0.0823. The van der Waals surface area contributed by atoms with Crippen LogP contribution in [0, 0.1) is 5.41 Å². The van der Waals surface area contributed by atoms with Crippen molar-refractivity contribution in [3.63, 3.8) is 0 Å². The number of carbonyl (C=O) groups excluding carboxylic acids is 1. The molecule has 0 saturated carbocycles. The number of pyridine rings is 1. The van der Waals surface area contributed by atoms with Crippen molar-refractivity contribution in [2.45, 2.75) is 19.8 Å². The number of anilines is 1. The Balaban J connectivity index is 1.99. The number of carbonyl (C=O) groups is 1. The van der Waals surface area contributed by atoms with Crippen molar-refractivity contribution in [3.05, 3.63) is 22.8 Å². The van der Waals surface area contributed by atoms with E-state index in [1.165, 1.54) is 12.3 Å². The molecule has 0 radical (unpaired) electrons. The molecule has 19 heavy (non-hydrogen) atoms. The highest BCUT2D eigenvalue weighted by Gasteiger charge is 2.28. The minimum atomic E-state index is -0.216.